The van der Waals surface area contributed by atoms with E-state index in [2.05, 4.69) is 10.6 Å². The van der Waals surface area contributed by atoms with Crippen molar-refractivity contribution in [1.82, 2.24) is 10.6 Å². The molecule has 2 aromatic rings. The molecule has 126 valence electrons. The second-order valence-corrected chi connectivity index (χ2v) is 5.92. The van der Waals surface area contributed by atoms with E-state index in [1.807, 2.05) is 30.3 Å². The van der Waals surface area contributed by atoms with Crippen molar-refractivity contribution in [2.75, 3.05) is 13.6 Å². The molecule has 2 rings (SSSR count). The first-order valence-electron chi connectivity index (χ1n) is 7.16. The first kappa shape index (κ1) is 18.3. The van der Waals surface area contributed by atoms with Gasteiger partial charge < -0.3 is 15.7 Å². The smallest absolute Gasteiger partial charge is 0.327 e. The third-order valence-corrected chi connectivity index (χ3v) is 3.98. The molecule has 0 saturated carbocycles. The molecule has 0 aliphatic heterocycles. The monoisotopic (exact) mass is 366 g/mol. The number of halogens is 2. The van der Waals surface area contributed by atoms with Crippen LogP contribution in [0.4, 0.5) is 0 Å². The maximum Gasteiger partial charge on any atom is 0.327 e. The van der Waals surface area contributed by atoms with Crippen LogP contribution in [0.25, 0.3) is 11.1 Å². The molecule has 0 aliphatic rings. The van der Waals surface area contributed by atoms with E-state index in [-0.39, 0.29) is 22.2 Å². The van der Waals surface area contributed by atoms with Crippen molar-refractivity contribution >= 4 is 35.1 Å². The molecule has 0 aromatic heterocycles. The second-order valence-electron chi connectivity index (χ2n) is 5.10. The zero-order valence-corrected chi connectivity index (χ0v) is 14.4. The van der Waals surface area contributed by atoms with Crippen LogP contribution in [0, 0.1) is 0 Å². The Labute approximate surface area is 149 Å². The Hall–Kier alpha value is -2.08. The number of likely N-dealkylation sites (N-methyl/N-ethyl adjacent to an activating group) is 1. The molecule has 0 fully saturated rings. The zero-order chi connectivity index (χ0) is 17.7. The van der Waals surface area contributed by atoms with Crippen LogP contribution < -0.4 is 10.6 Å². The maximum atomic E-state index is 12.4. The van der Waals surface area contributed by atoms with Crippen LogP contribution in [0.3, 0.4) is 0 Å². The van der Waals surface area contributed by atoms with Crippen molar-refractivity contribution in [2.24, 2.45) is 0 Å². The van der Waals surface area contributed by atoms with Gasteiger partial charge in [0.1, 0.15) is 6.04 Å². The van der Waals surface area contributed by atoms with Crippen molar-refractivity contribution in [3.05, 3.63) is 58.1 Å². The number of rotatable bonds is 6. The quantitative estimate of drug-likeness (QED) is 0.733. The van der Waals surface area contributed by atoms with E-state index in [4.69, 9.17) is 28.3 Å². The van der Waals surface area contributed by atoms with E-state index in [1.54, 1.807) is 19.2 Å². The van der Waals surface area contributed by atoms with Gasteiger partial charge >= 0.3 is 5.97 Å². The summed E-state index contributed by atoms with van der Waals surface area (Å²) in [6.45, 7) is 0.0818. The van der Waals surface area contributed by atoms with Gasteiger partial charge in [-0.25, -0.2) is 4.79 Å². The molecular formula is C17H16Cl2N2O3. The van der Waals surface area contributed by atoms with Gasteiger partial charge in [-0.3, -0.25) is 4.79 Å². The molecule has 1 amide bonds. The van der Waals surface area contributed by atoms with Crippen LogP contribution in [0.5, 0.6) is 0 Å². The molecule has 5 nitrogen and oxygen atoms in total. The van der Waals surface area contributed by atoms with Crippen LogP contribution >= 0.6 is 23.2 Å². The van der Waals surface area contributed by atoms with Crippen LogP contribution in [0.15, 0.2) is 42.5 Å². The summed E-state index contributed by atoms with van der Waals surface area (Å²) >= 11 is 12.4. The summed E-state index contributed by atoms with van der Waals surface area (Å²) in [6.07, 6.45) is 0. The molecule has 0 spiro atoms. The lowest BCUT2D eigenvalue weighted by molar-refractivity contribution is -0.139. The molecule has 0 heterocycles. The molecule has 7 heteroatoms. The van der Waals surface area contributed by atoms with Crippen LogP contribution in [-0.4, -0.2) is 36.6 Å². The van der Waals surface area contributed by atoms with Crippen molar-refractivity contribution in [3.8, 4) is 11.1 Å². The van der Waals surface area contributed by atoms with E-state index < -0.39 is 17.9 Å². The molecule has 0 bridgehead atoms. The predicted octanol–water partition coefficient (Wildman–Crippen LogP) is 3.06. The van der Waals surface area contributed by atoms with Gasteiger partial charge in [0.15, 0.2) is 0 Å². The summed E-state index contributed by atoms with van der Waals surface area (Å²) in [5, 5.41) is 14.5. The van der Waals surface area contributed by atoms with Gasteiger partial charge in [0.25, 0.3) is 5.91 Å². The van der Waals surface area contributed by atoms with Crippen molar-refractivity contribution in [1.29, 1.82) is 0 Å². The zero-order valence-electron chi connectivity index (χ0n) is 12.8. The Balaban J connectivity index is 2.31. The number of amides is 1. The molecule has 2 aromatic carbocycles. The average molecular weight is 367 g/mol. The van der Waals surface area contributed by atoms with Gasteiger partial charge in [0, 0.05) is 6.54 Å². The van der Waals surface area contributed by atoms with Crippen LogP contribution in [0.1, 0.15) is 10.4 Å². The number of benzene rings is 2. The minimum Gasteiger partial charge on any atom is -0.480 e. The Kier molecular flexibility index (Phi) is 6.20. The van der Waals surface area contributed by atoms with Gasteiger partial charge in [0.2, 0.25) is 0 Å². The number of hydrogen-bond acceptors (Lipinski definition) is 3. The van der Waals surface area contributed by atoms with Gasteiger partial charge in [0.05, 0.1) is 15.6 Å². The van der Waals surface area contributed by atoms with Crippen LogP contribution in [-0.2, 0) is 4.79 Å². The number of carbonyl (C=O) groups is 2. The highest BCUT2D eigenvalue weighted by Crippen LogP contribution is 2.31. The van der Waals surface area contributed by atoms with Gasteiger partial charge in [-0.15, -0.1) is 0 Å². The van der Waals surface area contributed by atoms with Crippen molar-refractivity contribution in [3.63, 3.8) is 0 Å². The fourth-order valence-corrected chi connectivity index (χ4v) is 2.88. The van der Waals surface area contributed by atoms with Crippen LogP contribution in [0.2, 0.25) is 10.0 Å². The second kappa shape index (κ2) is 8.15. The van der Waals surface area contributed by atoms with Gasteiger partial charge in [-0.1, -0.05) is 53.5 Å². The number of hydrogen-bond donors (Lipinski definition) is 3. The van der Waals surface area contributed by atoms with E-state index in [1.165, 1.54) is 0 Å². The van der Waals surface area contributed by atoms with Gasteiger partial charge in [-0.05, 0) is 30.3 Å². The first-order valence-corrected chi connectivity index (χ1v) is 7.92. The molecule has 0 saturated heterocycles. The Morgan fingerprint density at radius 1 is 1.08 bits per heavy atom. The third kappa shape index (κ3) is 4.26. The lowest BCUT2D eigenvalue weighted by Gasteiger charge is -2.16. The SMILES string of the molecule is CNC[C@H](NC(=O)c1c(Cl)cc(-c2ccccc2)cc1Cl)C(=O)O. The summed E-state index contributed by atoms with van der Waals surface area (Å²) in [4.78, 5) is 23.5. The molecule has 0 unspecified atom stereocenters. The minimum absolute atomic E-state index is 0.0559. The molecule has 0 aliphatic carbocycles. The molecule has 24 heavy (non-hydrogen) atoms. The summed E-state index contributed by atoms with van der Waals surface area (Å²) in [7, 11) is 1.59. The number of carboxylic acids is 1. The Morgan fingerprint density at radius 3 is 2.17 bits per heavy atom. The normalized spacial score (nSPS) is 11.8. The molecular weight excluding hydrogens is 351 g/mol. The standard InChI is InChI=1S/C17H16Cl2N2O3/c1-20-9-14(17(23)24)21-16(22)15-12(18)7-11(8-13(15)19)10-5-3-2-4-6-10/h2-8,14,20H,9H2,1H3,(H,21,22)(H,23,24)/t14-/m0/s1. The third-order valence-electron chi connectivity index (χ3n) is 3.39. The highest BCUT2D eigenvalue weighted by Gasteiger charge is 2.23. The number of nitrogens with one attached hydrogen (secondary N) is 2. The lowest BCUT2D eigenvalue weighted by Crippen LogP contribution is -2.46. The summed E-state index contributed by atoms with van der Waals surface area (Å²) in [5.74, 6) is -1.78. The van der Waals surface area contributed by atoms with E-state index in [0.717, 1.165) is 11.1 Å². The largest absolute Gasteiger partial charge is 0.480 e. The summed E-state index contributed by atoms with van der Waals surface area (Å²) in [6, 6.07) is 11.6. The Bertz CT molecular complexity index is 728. The maximum absolute atomic E-state index is 12.4. The van der Waals surface area contributed by atoms with Crippen molar-refractivity contribution in [2.45, 2.75) is 6.04 Å². The summed E-state index contributed by atoms with van der Waals surface area (Å²) < 4.78 is 0. The molecule has 1 atom stereocenters. The highest BCUT2D eigenvalue weighted by atomic mass is 35.5. The first-order chi connectivity index (χ1) is 11.4. The van der Waals surface area contributed by atoms with Gasteiger partial charge in [-0.2, -0.15) is 0 Å². The van der Waals surface area contributed by atoms with Crippen molar-refractivity contribution < 1.29 is 14.7 Å². The predicted molar refractivity (Wildman–Crippen MR) is 94.7 cm³/mol. The number of carbonyl (C=O) groups excluding carboxylic acids is 1. The topological polar surface area (TPSA) is 78.4 Å². The lowest BCUT2D eigenvalue weighted by atomic mass is 10.0. The molecule has 0 radical (unpaired) electrons. The fourth-order valence-electron chi connectivity index (χ4n) is 2.22. The average Bonchev–Trinajstić information content (AvgIpc) is 2.54. The fraction of sp³-hybridized carbons (Fsp3) is 0.176. The highest BCUT2D eigenvalue weighted by molar-refractivity contribution is 6.40. The molecule has 3 N–H and O–H groups in total. The van der Waals surface area contributed by atoms with E-state index >= 15 is 0 Å². The van der Waals surface area contributed by atoms with E-state index in [0.29, 0.717) is 0 Å². The summed E-state index contributed by atoms with van der Waals surface area (Å²) in [5.41, 5.74) is 1.74. The number of aliphatic carboxylic acids is 1. The number of carboxylic acid groups (broad SMARTS) is 1. The Morgan fingerprint density at radius 2 is 1.67 bits per heavy atom. The van der Waals surface area contributed by atoms with E-state index in [9.17, 15) is 9.59 Å². The minimum atomic E-state index is -1.15.